The molecule has 20 heavy (non-hydrogen) atoms. The summed E-state index contributed by atoms with van der Waals surface area (Å²) >= 11 is 5.88. The molecule has 3 rings (SSSR count). The molecule has 4 heteroatoms. The minimum Gasteiger partial charge on any atom is -0.378 e. The predicted molar refractivity (Wildman–Crippen MR) is 78.9 cm³/mol. The molecule has 1 aromatic rings. The van der Waals surface area contributed by atoms with Gasteiger partial charge in [-0.2, -0.15) is 0 Å². The zero-order valence-electron chi connectivity index (χ0n) is 11.5. The lowest BCUT2D eigenvalue weighted by Gasteiger charge is -2.10. The van der Waals surface area contributed by atoms with E-state index < -0.39 is 0 Å². The lowest BCUT2D eigenvalue weighted by atomic mass is 10.1. The summed E-state index contributed by atoms with van der Waals surface area (Å²) in [5.74, 6) is 0.693. The number of halogens is 1. The van der Waals surface area contributed by atoms with Crippen molar-refractivity contribution in [3.63, 3.8) is 0 Å². The van der Waals surface area contributed by atoms with Gasteiger partial charge in [-0.3, -0.25) is 4.79 Å². The van der Waals surface area contributed by atoms with E-state index in [1.807, 2.05) is 24.3 Å². The van der Waals surface area contributed by atoms with Crippen molar-refractivity contribution < 1.29 is 9.53 Å². The Labute approximate surface area is 124 Å². The molecule has 0 unspecified atom stereocenters. The van der Waals surface area contributed by atoms with E-state index in [2.05, 4.69) is 5.32 Å². The maximum absolute atomic E-state index is 12.1. The highest BCUT2D eigenvalue weighted by Gasteiger charge is 2.43. The third-order valence-electron chi connectivity index (χ3n) is 4.21. The van der Waals surface area contributed by atoms with Crippen LogP contribution in [0.3, 0.4) is 0 Å². The monoisotopic (exact) mass is 293 g/mol. The zero-order valence-corrected chi connectivity index (χ0v) is 12.2. The second-order valence-corrected chi connectivity index (χ2v) is 6.15. The van der Waals surface area contributed by atoms with Crippen molar-refractivity contribution in [2.75, 3.05) is 13.2 Å². The smallest absolute Gasteiger partial charge is 0.223 e. The quantitative estimate of drug-likeness (QED) is 0.906. The molecule has 2 aliphatic rings. The SMILES string of the molecule is O=C(NCC[C@@H]1CCCO1)[C@@H]1C[C@@H]1c1ccc(Cl)cc1. The molecule has 3 atom stereocenters. The number of carbonyl (C=O) groups excluding carboxylic acids is 1. The van der Waals surface area contributed by atoms with Crippen LogP contribution in [-0.4, -0.2) is 25.2 Å². The van der Waals surface area contributed by atoms with Crippen molar-refractivity contribution in [3.8, 4) is 0 Å². The average Bonchev–Trinajstić information content (AvgIpc) is 3.08. The third kappa shape index (κ3) is 3.33. The van der Waals surface area contributed by atoms with E-state index in [-0.39, 0.29) is 11.8 Å². The molecular formula is C16H20ClNO2. The van der Waals surface area contributed by atoms with Crippen LogP contribution in [-0.2, 0) is 9.53 Å². The highest BCUT2D eigenvalue weighted by molar-refractivity contribution is 6.30. The Kier molecular flexibility index (Phi) is 4.27. The van der Waals surface area contributed by atoms with Crippen molar-refractivity contribution >= 4 is 17.5 Å². The lowest BCUT2D eigenvalue weighted by molar-refractivity contribution is -0.122. The fourth-order valence-electron chi connectivity index (χ4n) is 2.92. The van der Waals surface area contributed by atoms with Crippen LogP contribution in [0.25, 0.3) is 0 Å². The Hall–Kier alpha value is -1.06. The summed E-state index contributed by atoms with van der Waals surface area (Å²) in [4.78, 5) is 12.1. The summed E-state index contributed by atoms with van der Waals surface area (Å²) < 4.78 is 5.55. The van der Waals surface area contributed by atoms with E-state index in [1.165, 1.54) is 5.56 Å². The van der Waals surface area contributed by atoms with Gasteiger partial charge < -0.3 is 10.1 Å². The minimum absolute atomic E-state index is 0.140. The second kappa shape index (κ2) is 6.15. The van der Waals surface area contributed by atoms with E-state index >= 15 is 0 Å². The molecule has 1 aromatic carbocycles. The average molecular weight is 294 g/mol. The van der Waals surface area contributed by atoms with Gasteiger partial charge in [-0.1, -0.05) is 23.7 Å². The fraction of sp³-hybridized carbons (Fsp3) is 0.562. The first-order valence-electron chi connectivity index (χ1n) is 7.39. The number of hydrogen-bond donors (Lipinski definition) is 1. The van der Waals surface area contributed by atoms with E-state index in [9.17, 15) is 4.79 Å². The number of hydrogen-bond acceptors (Lipinski definition) is 2. The van der Waals surface area contributed by atoms with E-state index in [4.69, 9.17) is 16.3 Å². The normalized spacial score (nSPS) is 28.4. The Morgan fingerprint density at radius 2 is 2.15 bits per heavy atom. The molecule has 0 aromatic heterocycles. The van der Waals surface area contributed by atoms with Crippen LogP contribution in [0.4, 0.5) is 0 Å². The highest BCUT2D eigenvalue weighted by Crippen LogP contribution is 2.47. The number of nitrogens with one attached hydrogen (secondary N) is 1. The first-order valence-corrected chi connectivity index (χ1v) is 7.76. The van der Waals surface area contributed by atoms with Crippen molar-refractivity contribution in [1.29, 1.82) is 0 Å². The topological polar surface area (TPSA) is 38.3 Å². The van der Waals surface area contributed by atoms with Gasteiger partial charge in [0.25, 0.3) is 0 Å². The minimum atomic E-state index is 0.140. The van der Waals surface area contributed by atoms with Crippen molar-refractivity contribution in [1.82, 2.24) is 5.32 Å². The summed E-state index contributed by atoms with van der Waals surface area (Å²) in [5.41, 5.74) is 1.22. The van der Waals surface area contributed by atoms with Gasteiger partial charge in [0.2, 0.25) is 5.91 Å². The van der Waals surface area contributed by atoms with Gasteiger partial charge in [-0.05, 0) is 49.3 Å². The van der Waals surface area contributed by atoms with Crippen molar-refractivity contribution in [2.24, 2.45) is 5.92 Å². The molecule has 1 aliphatic heterocycles. The highest BCUT2D eigenvalue weighted by atomic mass is 35.5. The maximum Gasteiger partial charge on any atom is 0.223 e. The third-order valence-corrected chi connectivity index (χ3v) is 4.47. The summed E-state index contributed by atoms with van der Waals surface area (Å²) in [6.45, 7) is 1.60. The maximum atomic E-state index is 12.1. The van der Waals surface area contributed by atoms with Gasteiger partial charge in [-0.15, -0.1) is 0 Å². The largest absolute Gasteiger partial charge is 0.378 e. The summed E-state index contributed by atoms with van der Waals surface area (Å²) in [7, 11) is 0. The van der Waals surface area contributed by atoms with Gasteiger partial charge in [0.1, 0.15) is 0 Å². The van der Waals surface area contributed by atoms with Gasteiger partial charge in [0.15, 0.2) is 0 Å². The van der Waals surface area contributed by atoms with E-state index in [0.717, 1.165) is 43.9 Å². The van der Waals surface area contributed by atoms with Crippen LogP contribution in [0.5, 0.6) is 0 Å². The molecule has 1 aliphatic carbocycles. The first-order chi connectivity index (χ1) is 9.74. The molecule has 1 saturated carbocycles. The number of carbonyl (C=O) groups is 1. The lowest BCUT2D eigenvalue weighted by Crippen LogP contribution is -2.28. The molecule has 1 heterocycles. The Morgan fingerprint density at radius 3 is 2.85 bits per heavy atom. The number of rotatable bonds is 5. The zero-order chi connectivity index (χ0) is 13.9. The van der Waals surface area contributed by atoms with Crippen LogP contribution in [0, 0.1) is 5.92 Å². The summed E-state index contributed by atoms with van der Waals surface area (Å²) in [6, 6.07) is 7.82. The Morgan fingerprint density at radius 1 is 1.35 bits per heavy atom. The molecule has 3 nitrogen and oxygen atoms in total. The second-order valence-electron chi connectivity index (χ2n) is 5.71. The molecule has 0 radical (unpaired) electrons. The van der Waals surface area contributed by atoms with Gasteiger partial charge in [-0.25, -0.2) is 0 Å². The summed E-state index contributed by atoms with van der Waals surface area (Å²) in [6.07, 6.45) is 4.52. The molecule has 1 amide bonds. The number of amides is 1. The molecule has 0 bridgehead atoms. The van der Waals surface area contributed by atoms with Crippen molar-refractivity contribution in [2.45, 2.75) is 37.7 Å². The molecule has 108 valence electrons. The molecular weight excluding hydrogens is 274 g/mol. The van der Waals surface area contributed by atoms with E-state index in [1.54, 1.807) is 0 Å². The van der Waals surface area contributed by atoms with Crippen molar-refractivity contribution in [3.05, 3.63) is 34.9 Å². The van der Waals surface area contributed by atoms with Crippen LogP contribution in [0.2, 0.25) is 5.02 Å². The van der Waals surface area contributed by atoms with Crippen LogP contribution in [0.15, 0.2) is 24.3 Å². The Bertz CT molecular complexity index is 468. The first kappa shape index (κ1) is 13.9. The number of ether oxygens (including phenoxy) is 1. The molecule has 1 saturated heterocycles. The fourth-order valence-corrected chi connectivity index (χ4v) is 3.05. The van der Waals surface area contributed by atoms with Crippen LogP contribution >= 0.6 is 11.6 Å². The molecule has 1 N–H and O–H groups in total. The number of benzene rings is 1. The van der Waals surface area contributed by atoms with Gasteiger partial charge in [0, 0.05) is 24.1 Å². The summed E-state index contributed by atoms with van der Waals surface area (Å²) in [5, 5.41) is 3.78. The molecule has 0 spiro atoms. The van der Waals surface area contributed by atoms with E-state index in [0.29, 0.717) is 12.0 Å². The van der Waals surface area contributed by atoms with Crippen LogP contribution in [0.1, 0.15) is 37.2 Å². The van der Waals surface area contributed by atoms with Gasteiger partial charge >= 0.3 is 0 Å². The molecule has 2 fully saturated rings. The Balaban J connectivity index is 1.41. The van der Waals surface area contributed by atoms with Gasteiger partial charge in [0.05, 0.1) is 6.10 Å². The standard InChI is InChI=1S/C16H20ClNO2/c17-12-5-3-11(4-6-12)14-10-15(14)16(19)18-8-7-13-2-1-9-20-13/h3-6,13-15H,1-2,7-10H2,(H,18,19)/t13-,14+,15+/m0/s1. The van der Waals surface area contributed by atoms with Crippen LogP contribution < -0.4 is 5.32 Å². The predicted octanol–water partition coefficient (Wildman–Crippen LogP) is 3.13.